The first-order valence-electron chi connectivity index (χ1n) is 25.2. The van der Waals surface area contributed by atoms with E-state index >= 15 is 0 Å². The molecule has 3 aliphatic rings. The minimum absolute atomic E-state index is 0.134. The number of fused-ring (bicyclic) bond motifs is 13. The summed E-state index contributed by atoms with van der Waals surface area (Å²) in [5.74, 6) is 0. The van der Waals surface area contributed by atoms with Crippen molar-refractivity contribution in [1.29, 1.82) is 0 Å². The Balaban J connectivity index is 0.980. The first-order valence-corrected chi connectivity index (χ1v) is 25.2. The maximum atomic E-state index is 2.51. The van der Waals surface area contributed by atoms with Gasteiger partial charge in [-0.2, -0.15) is 0 Å². The van der Waals surface area contributed by atoms with Gasteiger partial charge in [-0.25, -0.2) is 0 Å². The van der Waals surface area contributed by atoms with Gasteiger partial charge in [-0.1, -0.05) is 214 Å². The highest BCUT2D eigenvalue weighted by Crippen LogP contribution is 2.65. The van der Waals surface area contributed by atoms with E-state index < -0.39 is 5.41 Å². The maximum Gasteiger partial charge on any atom is 0.0727 e. The summed E-state index contributed by atoms with van der Waals surface area (Å²) in [4.78, 5) is 4.94. The lowest BCUT2D eigenvalue weighted by molar-refractivity contribution is 0.660. The molecule has 72 heavy (non-hydrogen) atoms. The van der Waals surface area contributed by atoms with Crippen LogP contribution < -0.4 is 9.80 Å². The zero-order chi connectivity index (χ0) is 48.0. The van der Waals surface area contributed by atoms with Gasteiger partial charge in [0.2, 0.25) is 0 Å². The molecule has 340 valence electrons. The van der Waals surface area contributed by atoms with Gasteiger partial charge in [-0.3, -0.25) is 0 Å². The molecule has 2 heteroatoms. The molecule has 0 amide bonds. The molecule has 0 aromatic heterocycles. The van der Waals surface area contributed by atoms with Crippen molar-refractivity contribution < 1.29 is 0 Å². The predicted octanol–water partition coefficient (Wildman–Crippen LogP) is 18.6. The van der Waals surface area contributed by atoms with Gasteiger partial charge in [0, 0.05) is 39.4 Å². The fraction of sp³-hybridized carbons (Fsp3) is 0.0571. The van der Waals surface area contributed by atoms with Crippen molar-refractivity contribution in [3.8, 4) is 55.6 Å². The minimum Gasteiger partial charge on any atom is -0.310 e. The zero-order valence-electron chi connectivity index (χ0n) is 40.3. The third kappa shape index (κ3) is 6.22. The normalized spacial score (nSPS) is 15.0. The molecule has 0 radical (unpaired) electrons. The van der Waals surface area contributed by atoms with E-state index in [2.05, 4.69) is 291 Å². The molecule has 14 rings (SSSR count). The molecule has 11 aromatic rings. The van der Waals surface area contributed by atoms with Crippen LogP contribution in [0.4, 0.5) is 34.1 Å². The average Bonchev–Trinajstić information content (AvgIpc) is 4.01. The SMILES string of the molecule is CC1(C)c2ccccc2-c2ccc(N(c3ccccc3)c3ccc4c(c3)C3(c5ccccc5-4)c4ccccc4-c4c(N(c5ccc(-c6ccccc6)cc5)c5ccc(-c6ccccc6)cc5)cccc43)cc21. The van der Waals surface area contributed by atoms with Crippen LogP contribution in [-0.2, 0) is 10.8 Å². The molecule has 11 aromatic carbocycles. The van der Waals surface area contributed by atoms with Gasteiger partial charge in [0.25, 0.3) is 0 Å². The highest BCUT2D eigenvalue weighted by molar-refractivity contribution is 6.02. The standard InChI is InChI=1S/C70H50N2/c1-69(2)61-28-15-12-25-56(61)58-43-41-54(45-65(58)69)71(51-23-10-5-11-24-51)55-42-44-59-57-26-13-16-29-62(57)70(66(59)46-55)63-30-17-14-27-60(63)68-64(70)31-18-32-67(68)72(52-37-33-49(34-38-52)47-19-6-3-7-20-47)53-39-35-50(36-40-53)48-21-8-4-9-22-48/h3-46H,1-2H3. The third-order valence-corrected chi connectivity index (χ3v) is 15.9. The highest BCUT2D eigenvalue weighted by atomic mass is 15.2. The molecule has 2 nitrogen and oxygen atoms in total. The first-order chi connectivity index (χ1) is 35.5. The minimum atomic E-state index is -0.589. The van der Waals surface area contributed by atoms with Gasteiger partial charge >= 0.3 is 0 Å². The Morgan fingerprint density at radius 3 is 1.22 bits per heavy atom. The van der Waals surface area contributed by atoms with Crippen molar-refractivity contribution in [2.24, 2.45) is 0 Å². The number of nitrogens with zero attached hydrogens (tertiary/aromatic N) is 2. The van der Waals surface area contributed by atoms with Crippen LogP contribution in [0.1, 0.15) is 47.2 Å². The Bertz CT molecular complexity index is 3790. The molecule has 0 saturated heterocycles. The summed E-state index contributed by atoms with van der Waals surface area (Å²) in [6.07, 6.45) is 0. The molecule has 0 N–H and O–H groups in total. The summed E-state index contributed by atoms with van der Waals surface area (Å²) < 4.78 is 0. The van der Waals surface area contributed by atoms with E-state index in [9.17, 15) is 0 Å². The lowest BCUT2D eigenvalue weighted by atomic mass is 9.70. The molecule has 1 spiro atoms. The first kappa shape index (κ1) is 41.9. The van der Waals surface area contributed by atoms with Crippen LogP contribution in [0.25, 0.3) is 55.6 Å². The van der Waals surface area contributed by atoms with Gasteiger partial charge in [0.05, 0.1) is 11.1 Å². The van der Waals surface area contributed by atoms with E-state index in [4.69, 9.17) is 0 Å². The average molecular weight is 919 g/mol. The number of hydrogen-bond donors (Lipinski definition) is 0. The Kier molecular flexibility index (Phi) is 9.50. The fourth-order valence-electron chi connectivity index (χ4n) is 12.6. The topological polar surface area (TPSA) is 6.48 Å². The summed E-state index contributed by atoms with van der Waals surface area (Å²) in [7, 11) is 0. The molecule has 0 heterocycles. The number of anilines is 6. The van der Waals surface area contributed by atoms with E-state index in [0.717, 1.165) is 34.1 Å². The van der Waals surface area contributed by atoms with Gasteiger partial charge < -0.3 is 9.80 Å². The molecule has 0 fully saturated rings. The van der Waals surface area contributed by atoms with E-state index in [1.165, 1.54) is 89.0 Å². The van der Waals surface area contributed by atoms with Crippen molar-refractivity contribution in [1.82, 2.24) is 0 Å². The van der Waals surface area contributed by atoms with Gasteiger partial charge in [-0.05, 0) is 150 Å². The molecule has 1 unspecified atom stereocenters. The van der Waals surface area contributed by atoms with Crippen molar-refractivity contribution in [2.45, 2.75) is 24.7 Å². The van der Waals surface area contributed by atoms with Crippen LogP contribution in [0.3, 0.4) is 0 Å². The predicted molar refractivity (Wildman–Crippen MR) is 301 cm³/mol. The second-order valence-electron chi connectivity index (χ2n) is 20.0. The lowest BCUT2D eigenvalue weighted by Crippen LogP contribution is -2.26. The molecule has 0 saturated carbocycles. The number of benzene rings is 11. The largest absolute Gasteiger partial charge is 0.310 e. The number of hydrogen-bond acceptors (Lipinski definition) is 2. The third-order valence-electron chi connectivity index (χ3n) is 15.9. The zero-order valence-corrected chi connectivity index (χ0v) is 40.3. The number of rotatable bonds is 8. The van der Waals surface area contributed by atoms with Crippen molar-refractivity contribution in [3.05, 3.63) is 300 Å². The molecule has 0 bridgehead atoms. The molecule has 3 aliphatic carbocycles. The monoisotopic (exact) mass is 918 g/mol. The van der Waals surface area contributed by atoms with Crippen molar-refractivity contribution in [2.75, 3.05) is 9.80 Å². The van der Waals surface area contributed by atoms with Crippen LogP contribution in [0.15, 0.2) is 267 Å². The fourth-order valence-corrected chi connectivity index (χ4v) is 12.6. The highest BCUT2D eigenvalue weighted by Gasteiger charge is 2.53. The number of para-hydroxylation sites is 1. The van der Waals surface area contributed by atoms with E-state index in [1.54, 1.807) is 0 Å². The summed E-state index contributed by atoms with van der Waals surface area (Å²) in [6, 6.07) is 99.0. The van der Waals surface area contributed by atoms with Crippen LogP contribution in [0, 0.1) is 0 Å². The second-order valence-corrected chi connectivity index (χ2v) is 20.0. The molecule has 0 aliphatic heterocycles. The van der Waals surface area contributed by atoms with Crippen molar-refractivity contribution in [3.63, 3.8) is 0 Å². The van der Waals surface area contributed by atoms with E-state index in [1.807, 2.05) is 0 Å². The maximum absolute atomic E-state index is 2.51. The smallest absolute Gasteiger partial charge is 0.0727 e. The lowest BCUT2D eigenvalue weighted by Gasteiger charge is -2.33. The van der Waals surface area contributed by atoms with Crippen LogP contribution >= 0.6 is 0 Å². The summed E-state index contributed by atoms with van der Waals surface area (Å²) in [5.41, 5.74) is 26.4. The van der Waals surface area contributed by atoms with Crippen LogP contribution in [-0.4, -0.2) is 0 Å². The molecule has 1 atom stereocenters. The summed E-state index contributed by atoms with van der Waals surface area (Å²) in [5, 5.41) is 0. The quantitative estimate of drug-likeness (QED) is 0.150. The van der Waals surface area contributed by atoms with Crippen LogP contribution in [0.5, 0.6) is 0 Å². The summed E-state index contributed by atoms with van der Waals surface area (Å²) in [6.45, 7) is 4.74. The Morgan fingerprint density at radius 1 is 0.250 bits per heavy atom. The van der Waals surface area contributed by atoms with E-state index in [-0.39, 0.29) is 5.41 Å². The Morgan fingerprint density at radius 2 is 0.639 bits per heavy atom. The second kappa shape index (κ2) is 16.3. The van der Waals surface area contributed by atoms with Crippen LogP contribution in [0.2, 0.25) is 0 Å². The molecular formula is C70H50N2. The Labute approximate surface area is 422 Å². The van der Waals surface area contributed by atoms with Gasteiger partial charge in [0.15, 0.2) is 0 Å². The summed E-state index contributed by atoms with van der Waals surface area (Å²) >= 11 is 0. The van der Waals surface area contributed by atoms with E-state index in [0.29, 0.717) is 0 Å². The van der Waals surface area contributed by atoms with Gasteiger partial charge in [-0.15, -0.1) is 0 Å². The van der Waals surface area contributed by atoms with Crippen molar-refractivity contribution >= 4 is 34.1 Å². The molecular weight excluding hydrogens is 869 g/mol. The Hall–Kier alpha value is -8.98. The van der Waals surface area contributed by atoms with Gasteiger partial charge in [0.1, 0.15) is 0 Å².